The van der Waals surface area contributed by atoms with E-state index in [0.717, 1.165) is 44.4 Å². The van der Waals surface area contributed by atoms with Gasteiger partial charge in [-0.2, -0.15) is 0 Å². The highest BCUT2D eigenvalue weighted by atomic mass is 19.1. The highest BCUT2D eigenvalue weighted by Gasteiger charge is 2.62. The molecule has 6 heteroatoms. The Morgan fingerprint density at radius 2 is 1.92 bits per heavy atom. The normalized spacial score (nSPS) is 42.1. The van der Waals surface area contributed by atoms with Crippen LogP contribution in [0.3, 0.4) is 0 Å². The number of halogens is 1. The first-order chi connectivity index (χ1) is 17.1. The molecule has 1 aromatic heterocycles. The molecule has 6 rings (SSSR count). The second-order valence-electron chi connectivity index (χ2n) is 13.4. The predicted octanol–water partition coefficient (Wildman–Crippen LogP) is 6.25. The zero-order valence-corrected chi connectivity index (χ0v) is 22.4. The van der Waals surface area contributed by atoms with Gasteiger partial charge in [0.05, 0.1) is 11.1 Å². The van der Waals surface area contributed by atoms with Crippen LogP contribution in [0.4, 0.5) is 4.39 Å². The van der Waals surface area contributed by atoms with Crippen molar-refractivity contribution < 1.29 is 14.3 Å². The van der Waals surface area contributed by atoms with Crippen LogP contribution in [0.1, 0.15) is 90.5 Å². The number of Topliss-reactive ketones (excluding diaryl/α,β-unsaturated/α-hetero) is 1. The van der Waals surface area contributed by atoms with Gasteiger partial charge in [0.2, 0.25) is 0 Å². The number of aryl methyl sites for hydroxylation is 1. The van der Waals surface area contributed by atoms with Gasteiger partial charge in [0, 0.05) is 5.92 Å². The maximum Gasteiger partial charge on any atom is 0.157 e. The first kappa shape index (κ1) is 24.5. The van der Waals surface area contributed by atoms with E-state index in [1.54, 1.807) is 17.7 Å². The third-order valence-corrected chi connectivity index (χ3v) is 11.8. The monoisotopic (exact) mass is 495 g/mol. The third kappa shape index (κ3) is 3.45. The summed E-state index contributed by atoms with van der Waals surface area (Å²) < 4.78 is 16.1. The number of benzene rings is 1. The van der Waals surface area contributed by atoms with Crippen LogP contribution in [-0.2, 0) is 11.3 Å². The van der Waals surface area contributed by atoms with Gasteiger partial charge in [0.25, 0.3) is 0 Å². The van der Waals surface area contributed by atoms with E-state index in [-0.39, 0.29) is 35.0 Å². The summed E-state index contributed by atoms with van der Waals surface area (Å²) in [5, 5.41) is 19.0. The minimum atomic E-state index is -0.503. The molecule has 5 nitrogen and oxygen atoms in total. The van der Waals surface area contributed by atoms with Crippen molar-refractivity contribution in [1.82, 2.24) is 15.0 Å². The molecule has 0 spiro atoms. The minimum absolute atomic E-state index is 0.0401. The van der Waals surface area contributed by atoms with Gasteiger partial charge in [-0.3, -0.25) is 4.79 Å². The standard InChI is InChI=1S/C30H42FN3O2/c1-5-30-15-14-28(3,36)16-19(30)7-8-20-21-9-10-23(29(21,4)13-12-22(20)30)25(35)17-34-24-11-6-18(2)26(31)27(24)32-33-34/h6,11,19-23,36H,5,7-10,12-17H2,1-4H3/t19-,20-,21-,22-,23+,28+,29-,30-/m0/s1. The second kappa shape index (κ2) is 8.34. The lowest BCUT2D eigenvalue weighted by Crippen LogP contribution is -2.56. The lowest BCUT2D eigenvalue weighted by atomic mass is 9.42. The van der Waals surface area contributed by atoms with Crippen LogP contribution < -0.4 is 0 Å². The quantitative estimate of drug-likeness (QED) is 0.545. The highest BCUT2D eigenvalue weighted by Crippen LogP contribution is 2.69. The lowest BCUT2D eigenvalue weighted by Gasteiger charge is -2.63. The van der Waals surface area contributed by atoms with Crippen LogP contribution in [-0.4, -0.2) is 31.5 Å². The van der Waals surface area contributed by atoms with Crippen molar-refractivity contribution in [2.45, 2.75) is 104 Å². The Bertz CT molecular complexity index is 1190. The largest absolute Gasteiger partial charge is 0.390 e. The first-order valence-corrected chi connectivity index (χ1v) is 14.3. The summed E-state index contributed by atoms with van der Waals surface area (Å²) in [5.74, 6) is 2.60. The fourth-order valence-electron chi connectivity index (χ4n) is 9.95. The smallest absolute Gasteiger partial charge is 0.157 e. The predicted molar refractivity (Wildman–Crippen MR) is 138 cm³/mol. The summed E-state index contributed by atoms with van der Waals surface area (Å²) in [4.78, 5) is 13.7. The van der Waals surface area contributed by atoms with E-state index in [9.17, 15) is 14.3 Å². The Morgan fingerprint density at radius 3 is 2.69 bits per heavy atom. The molecule has 0 aliphatic heterocycles. The van der Waals surface area contributed by atoms with E-state index in [0.29, 0.717) is 34.2 Å². The van der Waals surface area contributed by atoms with Crippen molar-refractivity contribution in [3.8, 4) is 0 Å². The van der Waals surface area contributed by atoms with Crippen LogP contribution in [0.2, 0.25) is 0 Å². The second-order valence-corrected chi connectivity index (χ2v) is 13.4. The molecule has 4 fully saturated rings. The number of hydrogen-bond acceptors (Lipinski definition) is 4. The summed E-state index contributed by atoms with van der Waals surface area (Å²) in [6.45, 7) is 8.72. The molecule has 0 amide bonds. The number of carbonyl (C=O) groups is 1. The Kier molecular flexibility index (Phi) is 5.68. The Hall–Kier alpha value is -1.82. The molecule has 4 aliphatic rings. The van der Waals surface area contributed by atoms with Crippen molar-refractivity contribution in [1.29, 1.82) is 0 Å². The summed E-state index contributed by atoms with van der Waals surface area (Å²) in [6, 6.07) is 3.57. The number of aromatic nitrogens is 3. The molecular formula is C30H42FN3O2. The number of nitrogens with zero attached hydrogens (tertiary/aromatic N) is 3. The molecule has 36 heavy (non-hydrogen) atoms. The van der Waals surface area contributed by atoms with E-state index in [4.69, 9.17) is 0 Å². The van der Waals surface area contributed by atoms with E-state index >= 15 is 0 Å². The summed E-state index contributed by atoms with van der Waals surface area (Å²) >= 11 is 0. The molecule has 0 radical (unpaired) electrons. The average Bonchev–Trinajstić information content (AvgIpc) is 3.41. The van der Waals surface area contributed by atoms with Crippen molar-refractivity contribution in [2.75, 3.05) is 0 Å². The SMILES string of the molecule is CC[C@]12CC[C@@](C)(O)C[C@@H]1CC[C@H]1[C@@H]3CC[C@H](C(=O)Cn4nnc5c(F)c(C)ccc54)[C@@]3(C)CC[C@@H]12. The number of fused-ring (bicyclic) bond motifs is 6. The van der Waals surface area contributed by atoms with Gasteiger partial charge in [-0.05, 0) is 124 Å². The summed E-state index contributed by atoms with van der Waals surface area (Å²) in [6.07, 6.45) is 11.2. The van der Waals surface area contributed by atoms with Crippen LogP contribution in [0.25, 0.3) is 11.0 Å². The molecule has 1 N–H and O–H groups in total. The van der Waals surface area contributed by atoms with Crippen LogP contribution in [0.15, 0.2) is 12.1 Å². The summed E-state index contributed by atoms with van der Waals surface area (Å²) in [5.41, 5.74) is 1.31. The van der Waals surface area contributed by atoms with Gasteiger partial charge in [-0.1, -0.05) is 25.1 Å². The summed E-state index contributed by atoms with van der Waals surface area (Å²) in [7, 11) is 0. The number of ketones is 1. The van der Waals surface area contributed by atoms with Crippen LogP contribution in [0, 0.1) is 53.2 Å². The van der Waals surface area contributed by atoms with Gasteiger partial charge < -0.3 is 5.11 Å². The van der Waals surface area contributed by atoms with Crippen LogP contribution >= 0.6 is 0 Å². The fourth-order valence-corrected chi connectivity index (χ4v) is 9.95. The Morgan fingerprint density at radius 1 is 1.11 bits per heavy atom. The average molecular weight is 496 g/mol. The minimum Gasteiger partial charge on any atom is -0.390 e. The van der Waals surface area contributed by atoms with Gasteiger partial charge in [0.15, 0.2) is 11.6 Å². The molecule has 8 atom stereocenters. The first-order valence-electron chi connectivity index (χ1n) is 14.3. The zero-order valence-electron chi connectivity index (χ0n) is 22.4. The van der Waals surface area contributed by atoms with Crippen molar-refractivity contribution >= 4 is 16.8 Å². The van der Waals surface area contributed by atoms with Crippen molar-refractivity contribution in [2.24, 2.45) is 40.4 Å². The van der Waals surface area contributed by atoms with E-state index in [1.807, 2.05) is 13.0 Å². The zero-order chi connectivity index (χ0) is 25.5. The Labute approximate surface area is 214 Å². The number of hydrogen-bond donors (Lipinski definition) is 1. The molecule has 196 valence electrons. The number of carbonyl (C=O) groups excluding carboxylic acids is 1. The van der Waals surface area contributed by atoms with E-state index in [2.05, 4.69) is 24.2 Å². The van der Waals surface area contributed by atoms with E-state index < -0.39 is 5.60 Å². The number of aliphatic hydroxyl groups is 1. The highest BCUT2D eigenvalue weighted by molar-refractivity contribution is 5.84. The Balaban J connectivity index is 1.23. The molecule has 4 saturated carbocycles. The van der Waals surface area contributed by atoms with Gasteiger partial charge in [-0.15, -0.1) is 5.10 Å². The maximum atomic E-state index is 14.5. The molecule has 1 aromatic carbocycles. The lowest BCUT2D eigenvalue weighted by molar-refractivity contribution is -0.158. The van der Waals surface area contributed by atoms with Gasteiger partial charge in [-0.25, -0.2) is 9.07 Å². The maximum absolute atomic E-state index is 14.5. The van der Waals surface area contributed by atoms with Crippen molar-refractivity contribution in [3.63, 3.8) is 0 Å². The molecule has 1 heterocycles. The fraction of sp³-hybridized carbons (Fsp3) is 0.767. The topological polar surface area (TPSA) is 68.0 Å². The third-order valence-electron chi connectivity index (χ3n) is 11.8. The molecule has 0 unspecified atom stereocenters. The molecule has 0 bridgehead atoms. The van der Waals surface area contributed by atoms with Crippen LogP contribution in [0.5, 0.6) is 0 Å². The van der Waals surface area contributed by atoms with Gasteiger partial charge in [0.1, 0.15) is 12.1 Å². The molecule has 0 saturated heterocycles. The number of rotatable bonds is 4. The van der Waals surface area contributed by atoms with E-state index in [1.165, 1.54) is 25.7 Å². The molecule has 4 aliphatic carbocycles. The van der Waals surface area contributed by atoms with Crippen molar-refractivity contribution in [3.05, 3.63) is 23.5 Å². The van der Waals surface area contributed by atoms with Gasteiger partial charge >= 0.3 is 0 Å². The molecule has 2 aromatic rings. The molecular weight excluding hydrogens is 453 g/mol.